The third-order valence-electron chi connectivity index (χ3n) is 1.97. The molecule has 1 atom stereocenters. The van der Waals surface area contributed by atoms with Gasteiger partial charge in [0.15, 0.2) is 0 Å². The summed E-state index contributed by atoms with van der Waals surface area (Å²) in [6, 6.07) is 5.92. The van der Waals surface area contributed by atoms with E-state index in [0.717, 1.165) is 5.56 Å². The van der Waals surface area contributed by atoms with Gasteiger partial charge in [0.1, 0.15) is 6.10 Å². The molecule has 0 radical (unpaired) electrons. The van der Waals surface area contributed by atoms with Gasteiger partial charge in [0.25, 0.3) is 5.69 Å². The van der Waals surface area contributed by atoms with Crippen LogP contribution in [0.5, 0.6) is 0 Å². The fourth-order valence-corrected chi connectivity index (χ4v) is 1.30. The number of hydrogen-bond acceptors (Lipinski definition) is 4. The maximum absolute atomic E-state index is 10.4. The smallest absolute Gasteiger partial charge is 0.450 e. The van der Waals surface area contributed by atoms with Crippen molar-refractivity contribution in [1.29, 1.82) is 0 Å². The maximum atomic E-state index is 10.4. The summed E-state index contributed by atoms with van der Waals surface area (Å²) in [5.41, 5.74) is 0.801. The first-order chi connectivity index (χ1) is 7.49. The van der Waals surface area contributed by atoms with E-state index in [0.29, 0.717) is 6.42 Å². The van der Waals surface area contributed by atoms with Crippen molar-refractivity contribution in [3.05, 3.63) is 39.9 Å². The van der Waals surface area contributed by atoms with Gasteiger partial charge in [0.2, 0.25) is 0 Å². The molecule has 1 aromatic carbocycles. The molecule has 1 aromatic rings. The van der Waals surface area contributed by atoms with Gasteiger partial charge in [-0.2, -0.15) is 0 Å². The fourth-order valence-electron chi connectivity index (χ4n) is 1.30. The van der Waals surface area contributed by atoms with Gasteiger partial charge in [0.05, 0.1) is 4.92 Å². The SMILES string of the molecule is CC(Cc1ccc([N+](=O)[O-])cc1)OC(=O)O. The van der Waals surface area contributed by atoms with Crippen molar-refractivity contribution in [1.82, 2.24) is 0 Å². The molecule has 0 aliphatic carbocycles. The normalized spacial score (nSPS) is 11.8. The van der Waals surface area contributed by atoms with E-state index in [9.17, 15) is 14.9 Å². The van der Waals surface area contributed by atoms with Gasteiger partial charge < -0.3 is 9.84 Å². The highest BCUT2D eigenvalue weighted by Gasteiger charge is 2.10. The van der Waals surface area contributed by atoms with Crippen LogP contribution in [0.2, 0.25) is 0 Å². The van der Waals surface area contributed by atoms with Crippen LogP contribution in [0.15, 0.2) is 24.3 Å². The van der Waals surface area contributed by atoms with Crippen molar-refractivity contribution in [2.75, 3.05) is 0 Å². The molecule has 6 nitrogen and oxygen atoms in total. The molecule has 0 fully saturated rings. The Hall–Kier alpha value is -2.11. The number of hydrogen-bond donors (Lipinski definition) is 1. The number of carboxylic acid groups (broad SMARTS) is 1. The van der Waals surface area contributed by atoms with E-state index in [-0.39, 0.29) is 5.69 Å². The van der Waals surface area contributed by atoms with E-state index < -0.39 is 17.2 Å². The lowest BCUT2D eigenvalue weighted by atomic mass is 10.1. The van der Waals surface area contributed by atoms with Crippen molar-refractivity contribution < 1.29 is 19.6 Å². The van der Waals surface area contributed by atoms with Gasteiger partial charge in [-0.3, -0.25) is 10.1 Å². The minimum absolute atomic E-state index is 0.00977. The first-order valence-electron chi connectivity index (χ1n) is 4.62. The van der Waals surface area contributed by atoms with E-state index in [1.54, 1.807) is 19.1 Å². The number of nitro benzene ring substituents is 1. The number of nitrogens with zero attached hydrogens (tertiary/aromatic N) is 1. The number of nitro groups is 1. The van der Waals surface area contributed by atoms with E-state index >= 15 is 0 Å². The highest BCUT2D eigenvalue weighted by atomic mass is 16.7. The van der Waals surface area contributed by atoms with Gasteiger partial charge in [-0.05, 0) is 12.5 Å². The number of ether oxygens (including phenoxy) is 1. The standard InChI is InChI=1S/C10H11NO5/c1-7(16-10(12)13)6-8-2-4-9(5-3-8)11(14)15/h2-5,7H,6H2,1H3,(H,12,13). The van der Waals surface area contributed by atoms with Gasteiger partial charge in [-0.15, -0.1) is 0 Å². The maximum Gasteiger partial charge on any atom is 0.506 e. The molecule has 0 aromatic heterocycles. The number of rotatable bonds is 4. The van der Waals surface area contributed by atoms with E-state index in [4.69, 9.17) is 5.11 Å². The highest BCUT2D eigenvalue weighted by molar-refractivity contribution is 5.57. The molecule has 0 saturated heterocycles. The summed E-state index contributed by atoms with van der Waals surface area (Å²) in [7, 11) is 0. The molecule has 1 N–H and O–H groups in total. The summed E-state index contributed by atoms with van der Waals surface area (Å²) < 4.78 is 4.51. The summed E-state index contributed by atoms with van der Waals surface area (Å²) in [4.78, 5) is 20.1. The van der Waals surface area contributed by atoms with Crippen LogP contribution >= 0.6 is 0 Å². The average molecular weight is 225 g/mol. The molecule has 0 aliphatic heterocycles. The van der Waals surface area contributed by atoms with E-state index in [1.165, 1.54) is 12.1 Å². The molecule has 0 amide bonds. The van der Waals surface area contributed by atoms with E-state index in [1.807, 2.05) is 0 Å². The Morgan fingerprint density at radius 3 is 2.50 bits per heavy atom. The van der Waals surface area contributed by atoms with Crippen molar-refractivity contribution >= 4 is 11.8 Å². The summed E-state index contributed by atoms with van der Waals surface area (Å²) >= 11 is 0. The fraction of sp³-hybridized carbons (Fsp3) is 0.300. The predicted molar refractivity (Wildman–Crippen MR) is 55.4 cm³/mol. The molecule has 0 spiro atoms. The molecule has 1 unspecified atom stereocenters. The van der Waals surface area contributed by atoms with Crippen LogP contribution in [0.3, 0.4) is 0 Å². The monoisotopic (exact) mass is 225 g/mol. The van der Waals surface area contributed by atoms with Crippen molar-refractivity contribution in [2.45, 2.75) is 19.4 Å². The van der Waals surface area contributed by atoms with Crippen LogP contribution in [0.4, 0.5) is 10.5 Å². The van der Waals surface area contributed by atoms with Crippen molar-refractivity contribution in [3.63, 3.8) is 0 Å². The summed E-state index contributed by atoms with van der Waals surface area (Å²) in [5, 5.41) is 18.8. The zero-order chi connectivity index (χ0) is 12.1. The quantitative estimate of drug-likeness (QED) is 0.482. The minimum atomic E-state index is -1.32. The highest BCUT2D eigenvalue weighted by Crippen LogP contribution is 2.13. The molecule has 0 aliphatic rings. The second-order valence-electron chi connectivity index (χ2n) is 3.32. The molecule has 6 heteroatoms. The molecule has 0 saturated carbocycles. The van der Waals surface area contributed by atoms with Crippen molar-refractivity contribution in [2.24, 2.45) is 0 Å². The second-order valence-corrected chi connectivity index (χ2v) is 3.32. The first-order valence-corrected chi connectivity index (χ1v) is 4.62. The molecule has 1 rings (SSSR count). The van der Waals surface area contributed by atoms with Gasteiger partial charge in [-0.1, -0.05) is 12.1 Å². The molecule has 0 bridgehead atoms. The number of carbonyl (C=O) groups is 1. The van der Waals surface area contributed by atoms with Crippen LogP contribution < -0.4 is 0 Å². The third-order valence-corrected chi connectivity index (χ3v) is 1.97. The lowest BCUT2D eigenvalue weighted by Crippen LogP contribution is -2.15. The zero-order valence-corrected chi connectivity index (χ0v) is 8.62. The van der Waals surface area contributed by atoms with Gasteiger partial charge >= 0.3 is 6.16 Å². The first kappa shape index (κ1) is 12.0. The Morgan fingerprint density at radius 2 is 2.06 bits per heavy atom. The summed E-state index contributed by atoms with van der Waals surface area (Å²) in [5.74, 6) is 0. The van der Waals surface area contributed by atoms with Gasteiger partial charge in [-0.25, -0.2) is 4.79 Å². The largest absolute Gasteiger partial charge is 0.506 e. The Kier molecular flexibility index (Phi) is 3.82. The average Bonchev–Trinajstić information content (AvgIpc) is 2.16. The predicted octanol–water partition coefficient (Wildman–Crippen LogP) is 2.22. The lowest BCUT2D eigenvalue weighted by Gasteiger charge is -2.09. The Morgan fingerprint density at radius 1 is 1.50 bits per heavy atom. The van der Waals surface area contributed by atoms with Crippen LogP contribution in [-0.4, -0.2) is 22.3 Å². The molecule has 86 valence electrons. The summed E-state index contributed by atoms with van der Waals surface area (Å²) in [6.45, 7) is 1.62. The Balaban J connectivity index is 2.61. The third kappa shape index (κ3) is 3.56. The van der Waals surface area contributed by atoms with Gasteiger partial charge in [0, 0.05) is 18.6 Å². The van der Waals surface area contributed by atoms with E-state index in [2.05, 4.69) is 4.74 Å². The van der Waals surface area contributed by atoms with Crippen LogP contribution in [0.1, 0.15) is 12.5 Å². The zero-order valence-electron chi connectivity index (χ0n) is 8.62. The second kappa shape index (κ2) is 5.11. The molecule has 0 heterocycles. The number of benzene rings is 1. The molecular weight excluding hydrogens is 214 g/mol. The van der Waals surface area contributed by atoms with Crippen LogP contribution in [0, 0.1) is 10.1 Å². The number of non-ortho nitro benzene ring substituents is 1. The minimum Gasteiger partial charge on any atom is -0.450 e. The Labute approximate surface area is 91.6 Å². The van der Waals surface area contributed by atoms with Crippen LogP contribution in [-0.2, 0) is 11.2 Å². The lowest BCUT2D eigenvalue weighted by molar-refractivity contribution is -0.384. The summed E-state index contributed by atoms with van der Waals surface area (Å²) in [6.07, 6.45) is -1.40. The van der Waals surface area contributed by atoms with Crippen LogP contribution in [0.25, 0.3) is 0 Å². The molecular formula is C10H11NO5. The molecule has 16 heavy (non-hydrogen) atoms. The Bertz CT molecular complexity index is 387. The topological polar surface area (TPSA) is 89.7 Å². The van der Waals surface area contributed by atoms with Crippen molar-refractivity contribution in [3.8, 4) is 0 Å².